The van der Waals surface area contributed by atoms with Gasteiger partial charge in [0.15, 0.2) is 6.29 Å². The fraction of sp³-hybridized carbons (Fsp3) is 0.412. The van der Waals surface area contributed by atoms with E-state index in [0.717, 1.165) is 5.56 Å². The van der Waals surface area contributed by atoms with Crippen LogP contribution >= 0.6 is 0 Å². The number of benzene rings is 1. The Bertz CT molecular complexity index is 773. The molecule has 6 heteroatoms. The summed E-state index contributed by atoms with van der Waals surface area (Å²) < 4.78 is 13.6. The van der Waals surface area contributed by atoms with Crippen LogP contribution in [0.1, 0.15) is 17.5 Å². The van der Waals surface area contributed by atoms with Crippen LogP contribution in [0.25, 0.3) is 0 Å². The highest BCUT2D eigenvalue weighted by Gasteiger charge is 2.17. The third kappa shape index (κ3) is 3.60. The van der Waals surface area contributed by atoms with Gasteiger partial charge in [-0.25, -0.2) is 4.79 Å². The van der Waals surface area contributed by atoms with Gasteiger partial charge in [0.2, 0.25) is 0 Å². The maximum Gasteiger partial charge on any atom is 0.331 e. The molecule has 1 aromatic heterocycles. The number of nitrogens with zero attached hydrogens (tertiary/aromatic N) is 2. The molecule has 1 aliphatic rings. The average molecular weight is 316 g/mol. The lowest BCUT2D eigenvalue weighted by atomic mass is 10.2. The maximum absolute atomic E-state index is 12.6. The highest BCUT2D eigenvalue weighted by Crippen LogP contribution is 2.08. The van der Waals surface area contributed by atoms with E-state index >= 15 is 0 Å². The van der Waals surface area contributed by atoms with Gasteiger partial charge >= 0.3 is 5.69 Å². The number of hydrogen-bond donors (Lipinski definition) is 0. The molecule has 0 radical (unpaired) electrons. The van der Waals surface area contributed by atoms with Crippen LogP contribution in [-0.2, 0) is 22.6 Å². The van der Waals surface area contributed by atoms with E-state index in [4.69, 9.17) is 9.47 Å². The molecule has 3 rings (SSSR count). The Balaban J connectivity index is 1.86. The summed E-state index contributed by atoms with van der Waals surface area (Å²) in [5.74, 6) is 0. The molecule has 0 atom stereocenters. The number of hydrogen-bond acceptors (Lipinski definition) is 4. The smallest absolute Gasteiger partial charge is 0.331 e. The Morgan fingerprint density at radius 2 is 1.83 bits per heavy atom. The van der Waals surface area contributed by atoms with Crippen molar-refractivity contribution in [2.24, 2.45) is 0 Å². The molecule has 0 amide bonds. The maximum atomic E-state index is 12.6. The molecular weight excluding hydrogens is 296 g/mol. The predicted molar refractivity (Wildman–Crippen MR) is 85.6 cm³/mol. The highest BCUT2D eigenvalue weighted by molar-refractivity contribution is 5.15. The van der Waals surface area contributed by atoms with Crippen molar-refractivity contribution in [3.05, 3.63) is 68.5 Å². The number of aryl methyl sites for hydroxylation is 1. The molecule has 0 aliphatic carbocycles. The molecule has 0 unspecified atom stereocenters. The monoisotopic (exact) mass is 316 g/mol. The lowest BCUT2D eigenvalue weighted by Gasteiger charge is -2.13. The van der Waals surface area contributed by atoms with Gasteiger partial charge < -0.3 is 9.47 Å². The summed E-state index contributed by atoms with van der Waals surface area (Å²) in [6.45, 7) is 3.58. The standard InChI is InChI=1S/C17H20N2O4/c1-13-11-18(12-14-5-3-2-4-6-14)17(21)19(16(13)20)8-7-15-22-9-10-23-15/h2-6,11,15H,7-10,12H2,1H3. The Hall–Kier alpha value is -2.18. The topological polar surface area (TPSA) is 62.5 Å². The SMILES string of the molecule is Cc1cn(Cc2ccccc2)c(=O)n(CCC2OCCO2)c1=O. The lowest BCUT2D eigenvalue weighted by molar-refractivity contribution is -0.0494. The summed E-state index contributed by atoms with van der Waals surface area (Å²) >= 11 is 0. The average Bonchev–Trinajstić information content (AvgIpc) is 3.07. The van der Waals surface area contributed by atoms with Gasteiger partial charge in [-0.05, 0) is 12.5 Å². The minimum absolute atomic E-state index is 0.252. The summed E-state index contributed by atoms with van der Waals surface area (Å²) in [5.41, 5.74) is 1.01. The van der Waals surface area contributed by atoms with Gasteiger partial charge in [-0.2, -0.15) is 0 Å². The van der Waals surface area contributed by atoms with Crippen LogP contribution in [0, 0.1) is 6.92 Å². The Kier molecular flexibility index (Phi) is 4.73. The van der Waals surface area contributed by atoms with Crippen molar-refractivity contribution in [1.82, 2.24) is 9.13 Å². The molecule has 1 fully saturated rings. The van der Waals surface area contributed by atoms with Crippen LogP contribution in [0.2, 0.25) is 0 Å². The summed E-state index contributed by atoms with van der Waals surface area (Å²) in [6.07, 6.45) is 1.78. The third-order valence-corrected chi connectivity index (χ3v) is 3.88. The molecule has 0 spiro atoms. The molecule has 122 valence electrons. The van der Waals surface area contributed by atoms with E-state index in [1.54, 1.807) is 17.7 Å². The quantitative estimate of drug-likeness (QED) is 0.829. The van der Waals surface area contributed by atoms with Gasteiger partial charge in [0, 0.05) is 24.7 Å². The molecule has 0 saturated carbocycles. The van der Waals surface area contributed by atoms with Crippen LogP contribution in [-0.4, -0.2) is 28.6 Å². The van der Waals surface area contributed by atoms with Gasteiger partial charge in [0.25, 0.3) is 5.56 Å². The summed E-state index contributed by atoms with van der Waals surface area (Å²) in [5, 5.41) is 0. The van der Waals surface area contributed by atoms with E-state index in [0.29, 0.717) is 38.3 Å². The molecule has 2 aromatic rings. The molecule has 2 heterocycles. The van der Waals surface area contributed by atoms with Crippen LogP contribution in [0.15, 0.2) is 46.1 Å². The fourth-order valence-electron chi connectivity index (χ4n) is 2.70. The molecule has 0 bridgehead atoms. The summed E-state index contributed by atoms with van der Waals surface area (Å²) in [6, 6.07) is 9.70. The molecular formula is C17H20N2O4. The molecule has 6 nitrogen and oxygen atoms in total. The number of ether oxygens (including phenoxy) is 2. The van der Waals surface area contributed by atoms with Crippen LogP contribution in [0.3, 0.4) is 0 Å². The highest BCUT2D eigenvalue weighted by atomic mass is 16.7. The zero-order valence-corrected chi connectivity index (χ0v) is 13.1. The van der Waals surface area contributed by atoms with Crippen LogP contribution in [0.4, 0.5) is 0 Å². The van der Waals surface area contributed by atoms with Crippen LogP contribution < -0.4 is 11.2 Å². The van der Waals surface area contributed by atoms with Crippen molar-refractivity contribution in [2.45, 2.75) is 32.7 Å². The zero-order chi connectivity index (χ0) is 16.2. The van der Waals surface area contributed by atoms with Gasteiger partial charge in [-0.3, -0.25) is 13.9 Å². The Morgan fingerprint density at radius 3 is 2.52 bits per heavy atom. The Morgan fingerprint density at radius 1 is 1.13 bits per heavy atom. The van der Waals surface area contributed by atoms with E-state index < -0.39 is 0 Å². The third-order valence-electron chi connectivity index (χ3n) is 3.88. The first-order valence-electron chi connectivity index (χ1n) is 7.73. The van der Waals surface area contributed by atoms with Crippen molar-refractivity contribution in [1.29, 1.82) is 0 Å². The number of rotatable bonds is 5. The lowest BCUT2D eigenvalue weighted by Crippen LogP contribution is -2.41. The normalized spacial score (nSPS) is 15.2. The number of aromatic nitrogens is 2. The molecule has 0 N–H and O–H groups in total. The minimum Gasteiger partial charge on any atom is -0.350 e. The van der Waals surface area contributed by atoms with Gasteiger partial charge in [0.05, 0.1) is 19.8 Å². The molecule has 1 aromatic carbocycles. The second kappa shape index (κ2) is 6.93. The van der Waals surface area contributed by atoms with Crippen molar-refractivity contribution in [2.75, 3.05) is 13.2 Å². The van der Waals surface area contributed by atoms with E-state index in [2.05, 4.69) is 0 Å². The summed E-state index contributed by atoms with van der Waals surface area (Å²) in [4.78, 5) is 24.9. The van der Waals surface area contributed by atoms with Crippen molar-refractivity contribution in [3.8, 4) is 0 Å². The van der Waals surface area contributed by atoms with E-state index in [-0.39, 0.29) is 17.5 Å². The van der Waals surface area contributed by atoms with Gasteiger partial charge in [-0.15, -0.1) is 0 Å². The molecule has 1 aliphatic heterocycles. The van der Waals surface area contributed by atoms with Crippen molar-refractivity contribution >= 4 is 0 Å². The second-order valence-corrected chi connectivity index (χ2v) is 5.62. The van der Waals surface area contributed by atoms with Crippen LogP contribution in [0.5, 0.6) is 0 Å². The first-order chi connectivity index (χ1) is 11.1. The zero-order valence-electron chi connectivity index (χ0n) is 13.1. The van der Waals surface area contributed by atoms with E-state index in [9.17, 15) is 9.59 Å². The molecule has 1 saturated heterocycles. The minimum atomic E-state index is -0.329. The Labute approximate surface area is 133 Å². The first-order valence-corrected chi connectivity index (χ1v) is 7.73. The largest absolute Gasteiger partial charge is 0.350 e. The predicted octanol–water partition coefficient (Wildman–Crippen LogP) is 1.13. The molecule has 23 heavy (non-hydrogen) atoms. The fourth-order valence-corrected chi connectivity index (χ4v) is 2.70. The van der Waals surface area contributed by atoms with E-state index in [1.807, 2.05) is 30.3 Å². The van der Waals surface area contributed by atoms with E-state index in [1.165, 1.54) is 4.57 Å². The van der Waals surface area contributed by atoms with Crippen molar-refractivity contribution < 1.29 is 9.47 Å². The summed E-state index contributed by atoms with van der Waals surface area (Å²) in [7, 11) is 0. The van der Waals surface area contributed by atoms with Gasteiger partial charge in [-0.1, -0.05) is 30.3 Å². The second-order valence-electron chi connectivity index (χ2n) is 5.62. The van der Waals surface area contributed by atoms with Gasteiger partial charge in [0.1, 0.15) is 0 Å². The first kappa shape index (κ1) is 15.7. The van der Waals surface area contributed by atoms with Crippen molar-refractivity contribution in [3.63, 3.8) is 0 Å².